The summed E-state index contributed by atoms with van der Waals surface area (Å²) >= 11 is 0. The van der Waals surface area contributed by atoms with Crippen molar-refractivity contribution in [3.8, 4) is 0 Å². The molecule has 0 aromatic rings. The molecule has 0 radical (unpaired) electrons. The van der Waals surface area contributed by atoms with Crippen LogP contribution in [-0.4, -0.2) is 47.6 Å². The number of hydrogen-bond donors (Lipinski definition) is 0. The highest BCUT2D eigenvalue weighted by Gasteiger charge is 2.39. The van der Waals surface area contributed by atoms with E-state index in [-0.39, 0.29) is 0 Å². The van der Waals surface area contributed by atoms with Crippen LogP contribution >= 0.6 is 0 Å². The zero-order valence-corrected chi connectivity index (χ0v) is 21.5. The lowest BCUT2D eigenvalue weighted by atomic mass is 9.73. The van der Waals surface area contributed by atoms with E-state index < -0.39 is 0 Å². The minimum Gasteiger partial charge on any atom is -0.300 e. The predicted molar refractivity (Wildman–Crippen MR) is 134 cm³/mol. The highest BCUT2D eigenvalue weighted by molar-refractivity contribution is 4.94. The Balaban J connectivity index is 1.38. The Morgan fingerprint density at radius 3 is 2.13 bits per heavy atom. The van der Waals surface area contributed by atoms with Gasteiger partial charge in [0, 0.05) is 31.2 Å². The summed E-state index contributed by atoms with van der Waals surface area (Å²) in [5, 5.41) is 0. The van der Waals surface area contributed by atoms with Gasteiger partial charge in [-0.2, -0.15) is 0 Å². The van der Waals surface area contributed by atoms with Gasteiger partial charge in [0.05, 0.1) is 0 Å². The maximum atomic E-state index is 3.02. The Morgan fingerprint density at radius 2 is 1.52 bits per heavy atom. The van der Waals surface area contributed by atoms with Crippen molar-refractivity contribution in [2.45, 2.75) is 136 Å². The van der Waals surface area contributed by atoms with E-state index in [1.807, 2.05) is 0 Å². The minimum atomic E-state index is 0.869. The van der Waals surface area contributed by atoms with Crippen LogP contribution in [-0.2, 0) is 0 Å². The number of piperidine rings is 2. The molecule has 2 saturated heterocycles. The Labute approximate surface area is 194 Å². The van der Waals surface area contributed by atoms with Gasteiger partial charge in [0.1, 0.15) is 0 Å². The molecule has 2 aliphatic heterocycles. The van der Waals surface area contributed by atoms with Gasteiger partial charge in [0.25, 0.3) is 0 Å². The van der Waals surface area contributed by atoms with Gasteiger partial charge < -0.3 is 4.90 Å². The lowest BCUT2D eigenvalue weighted by molar-refractivity contribution is -0.0107. The first-order valence-corrected chi connectivity index (χ1v) is 14.5. The monoisotopic (exact) mass is 430 g/mol. The molecular weight excluding hydrogens is 376 g/mol. The number of nitrogens with zero attached hydrogens (tertiary/aromatic N) is 2. The minimum absolute atomic E-state index is 0.869. The van der Waals surface area contributed by atoms with E-state index in [1.165, 1.54) is 110 Å². The zero-order chi connectivity index (χ0) is 21.8. The molecule has 180 valence electrons. The molecule has 5 atom stereocenters. The van der Waals surface area contributed by atoms with Crippen LogP contribution in [0.5, 0.6) is 0 Å². The quantitative estimate of drug-likeness (QED) is 0.357. The smallest absolute Gasteiger partial charge is 0.0101 e. The van der Waals surface area contributed by atoms with E-state index in [0.717, 1.165) is 47.7 Å². The first kappa shape index (κ1) is 24.1. The highest BCUT2D eigenvalue weighted by atomic mass is 15.2. The second-order valence-corrected chi connectivity index (χ2v) is 12.6. The van der Waals surface area contributed by atoms with Crippen molar-refractivity contribution < 1.29 is 0 Å². The molecule has 2 nitrogen and oxygen atoms in total. The largest absolute Gasteiger partial charge is 0.300 e. The second-order valence-electron chi connectivity index (χ2n) is 12.6. The summed E-state index contributed by atoms with van der Waals surface area (Å²) < 4.78 is 0. The Bertz CT molecular complexity index is 523. The maximum Gasteiger partial charge on any atom is 0.0101 e. The van der Waals surface area contributed by atoms with Gasteiger partial charge in [-0.3, -0.25) is 4.90 Å². The molecule has 31 heavy (non-hydrogen) atoms. The van der Waals surface area contributed by atoms with Crippen molar-refractivity contribution in [3.05, 3.63) is 0 Å². The van der Waals surface area contributed by atoms with Gasteiger partial charge in [-0.1, -0.05) is 59.8 Å². The van der Waals surface area contributed by atoms with Crippen LogP contribution in [0.1, 0.15) is 118 Å². The van der Waals surface area contributed by atoms with Crippen LogP contribution in [0.2, 0.25) is 0 Å². The molecule has 2 heteroatoms. The average molecular weight is 431 g/mol. The first-order valence-electron chi connectivity index (χ1n) is 14.5. The van der Waals surface area contributed by atoms with Crippen molar-refractivity contribution >= 4 is 0 Å². The van der Waals surface area contributed by atoms with E-state index in [9.17, 15) is 0 Å². The van der Waals surface area contributed by atoms with Crippen molar-refractivity contribution in [3.63, 3.8) is 0 Å². The van der Waals surface area contributed by atoms with E-state index in [1.54, 1.807) is 0 Å². The number of likely N-dealkylation sites (tertiary alicyclic amines) is 2. The van der Waals surface area contributed by atoms with Gasteiger partial charge in [0.15, 0.2) is 0 Å². The maximum absolute atomic E-state index is 3.02. The van der Waals surface area contributed by atoms with Gasteiger partial charge in [-0.25, -0.2) is 0 Å². The Hall–Kier alpha value is -0.0800. The van der Waals surface area contributed by atoms with Crippen molar-refractivity contribution in [2.24, 2.45) is 29.6 Å². The normalized spacial score (nSPS) is 36.5. The number of hydrogen-bond acceptors (Lipinski definition) is 2. The van der Waals surface area contributed by atoms with Crippen LogP contribution < -0.4 is 0 Å². The molecule has 0 amide bonds. The second kappa shape index (κ2) is 11.4. The topological polar surface area (TPSA) is 6.48 Å². The summed E-state index contributed by atoms with van der Waals surface area (Å²) in [5.74, 6) is 4.75. The van der Waals surface area contributed by atoms with Crippen LogP contribution in [0.25, 0.3) is 0 Å². The van der Waals surface area contributed by atoms with E-state index >= 15 is 0 Å². The molecule has 0 bridgehead atoms. The van der Waals surface area contributed by atoms with Crippen LogP contribution in [0, 0.1) is 29.6 Å². The fraction of sp³-hybridized carbons (Fsp3) is 1.00. The van der Waals surface area contributed by atoms with E-state index in [4.69, 9.17) is 0 Å². The van der Waals surface area contributed by atoms with Gasteiger partial charge >= 0.3 is 0 Å². The van der Waals surface area contributed by atoms with Gasteiger partial charge in [0.2, 0.25) is 0 Å². The molecule has 4 aliphatic rings. The van der Waals surface area contributed by atoms with Gasteiger partial charge in [-0.05, 0) is 93.9 Å². The predicted octanol–water partition coefficient (Wildman–Crippen LogP) is 7.37. The molecule has 4 fully saturated rings. The molecule has 2 aliphatic carbocycles. The summed E-state index contributed by atoms with van der Waals surface area (Å²) in [5.41, 5.74) is 0. The molecule has 0 aromatic carbocycles. The SMILES string of the molecule is CCC[C@@H]1CC(CC[C@@H]2CN(C3CCC3)CC[C@H]2CCC(C)C)N(C2CCC2)C[C@@H]1C. The van der Waals surface area contributed by atoms with Crippen molar-refractivity contribution in [1.29, 1.82) is 0 Å². The third-order valence-corrected chi connectivity index (χ3v) is 10.0. The summed E-state index contributed by atoms with van der Waals surface area (Å²) in [4.78, 5) is 5.95. The summed E-state index contributed by atoms with van der Waals surface area (Å²) in [6.45, 7) is 14.0. The Morgan fingerprint density at radius 1 is 0.774 bits per heavy atom. The summed E-state index contributed by atoms with van der Waals surface area (Å²) in [7, 11) is 0. The molecular formula is C29H54N2. The summed E-state index contributed by atoms with van der Waals surface area (Å²) in [6, 6.07) is 2.77. The van der Waals surface area contributed by atoms with Crippen molar-refractivity contribution in [2.75, 3.05) is 19.6 Å². The molecule has 2 heterocycles. The van der Waals surface area contributed by atoms with Crippen molar-refractivity contribution in [1.82, 2.24) is 9.80 Å². The van der Waals surface area contributed by atoms with Crippen LogP contribution in [0.15, 0.2) is 0 Å². The van der Waals surface area contributed by atoms with E-state index in [0.29, 0.717) is 0 Å². The van der Waals surface area contributed by atoms with Crippen LogP contribution in [0.3, 0.4) is 0 Å². The van der Waals surface area contributed by atoms with E-state index in [2.05, 4.69) is 37.5 Å². The molecule has 4 rings (SSSR count). The molecule has 0 spiro atoms. The molecule has 0 N–H and O–H groups in total. The van der Waals surface area contributed by atoms with Gasteiger partial charge in [-0.15, -0.1) is 0 Å². The zero-order valence-electron chi connectivity index (χ0n) is 21.5. The third kappa shape index (κ3) is 6.08. The average Bonchev–Trinajstić information content (AvgIpc) is 2.65. The Kier molecular flexibility index (Phi) is 8.82. The molecule has 1 unspecified atom stereocenters. The third-order valence-electron chi connectivity index (χ3n) is 10.0. The first-order chi connectivity index (χ1) is 15.0. The highest BCUT2D eigenvalue weighted by Crippen LogP contribution is 2.41. The molecule has 2 saturated carbocycles. The fourth-order valence-electron chi connectivity index (χ4n) is 7.42. The fourth-order valence-corrected chi connectivity index (χ4v) is 7.42. The van der Waals surface area contributed by atoms with Crippen LogP contribution in [0.4, 0.5) is 0 Å². The summed E-state index contributed by atoms with van der Waals surface area (Å²) in [6.07, 6.45) is 20.7. The lowest BCUT2D eigenvalue weighted by Gasteiger charge is -2.51. The molecule has 0 aromatic heterocycles. The number of rotatable bonds is 10. The standard InChI is InChI=1S/C29H54N2/c1-5-8-25-19-29(31(20-23(25)4)28-11-7-12-28)16-15-26-21-30(27-9-6-10-27)18-17-24(26)14-13-22(2)3/h22-29H,5-21H2,1-4H3/t23-,24+,25+,26+,29?/m0/s1. The lowest BCUT2D eigenvalue weighted by Crippen LogP contribution is -2.54.